The lowest BCUT2D eigenvalue weighted by Gasteiger charge is -2.14. The molecule has 0 aliphatic carbocycles. The fraction of sp³-hybridized carbons (Fsp3) is 0.269. The molecule has 5 rings (SSSR count). The van der Waals surface area contributed by atoms with Gasteiger partial charge >= 0.3 is 5.97 Å². The van der Waals surface area contributed by atoms with Crippen molar-refractivity contribution in [2.45, 2.75) is 26.9 Å². The number of ketones is 1. The van der Waals surface area contributed by atoms with Crippen LogP contribution in [0.2, 0.25) is 0 Å². The monoisotopic (exact) mass is 460 g/mol. The Bertz CT molecular complexity index is 1310. The maximum atomic E-state index is 12.8. The molecule has 0 saturated heterocycles. The van der Waals surface area contributed by atoms with Crippen molar-refractivity contribution in [1.82, 2.24) is 9.47 Å². The molecule has 0 spiro atoms. The summed E-state index contributed by atoms with van der Waals surface area (Å²) in [6.07, 6.45) is 0. The van der Waals surface area contributed by atoms with Crippen LogP contribution in [-0.4, -0.2) is 47.1 Å². The number of esters is 1. The molecule has 8 nitrogen and oxygen atoms in total. The number of nitrogens with zero attached hydrogens (tertiary/aromatic N) is 2. The molecule has 1 aromatic heterocycles. The van der Waals surface area contributed by atoms with E-state index in [1.165, 1.54) is 4.90 Å². The molecule has 174 valence electrons. The Kier molecular flexibility index (Phi) is 5.57. The van der Waals surface area contributed by atoms with Gasteiger partial charge in [0.2, 0.25) is 12.6 Å². The quantitative estimate of drug-likeness (QED) is 0.397. The molecular formula is C26H24N2O6. The minimum absolute atomic E-state index is 0.191. The van der Waals surface area contributed by atoms with Gasteiger partial charge in [-0.25, -0.2) is 0 Å². The van der Waals surface area contributed by atoms with Gasteiger partial charge in [0.05, 0.1) is 0 Å². The minimum Gasteiger partial charge on any atom is -0.456 e. The summed E-state index contributed by atoms with van der Waals surface area (Å²) in [6, 6.07) is 14.8. The fourth-order valence-corrected chi connectivity index (χ4v) is 4.42. The van der Waals surface area contributed by atoms with Gasteiger partial charge < -0.3 is 23.7 Å². The zero-order chi connectivity index (χ0) is 23.8. The van der Waals surface area contributed by atoms with Gasteiger partial charge in [-0.05, 0) is 49.2 Å². The highest BCUT2D eigenvalue weighted by Gasteiger charge is 2.29. The van der Waals surface area contributed by atoms with Crippen molar-refractivity contribution in [2.24, 2.45) is 0 Å². The summed E-state index contributed by atoms with van der Waals surface area (Å²) in [6.45, 7) is 4.38. The molecule has 0 bridgehead atoms. The van der Waals surface area contributed by atoms with Gasteiger partial charge in [-0.1, -0.05) is 24.3 Å². The van der Waals surface area contributed by atoms with Crippen LogP contribution in [0, 0.1) is 13.8 Å². The maximum absolute atomic E-state index is 12.8. The number of aryl methyl sites for hydroxylation is 1. The van der Waals surface area contributed by atoms with Crippen molar-refractivity contribution < 1.29 is 28.6 Å². The van der Waals surface area contributed by atoms with E-state index in [2.05, 4.69) is 0 Å². The number of carbonyl (C=O) groups excluding carboxylic acids is 3. The number of amides is 1. The van der Waals surface area contributed by atoms with Gasteiger partial charge in [0, 0.05) is 35.6 Å². The van der Waals surface area contributed by atoms with Crippen molar-refractivity contribution in [2.75, 3.05) is 19.9 Å². The van der Waals surface area contributed by atoms with E-state index < -0.39 is 5.97 Å². The third-order valence-electron chi connectivity index (χ3n) is 6.23. The molecule has 0 atom stereocenters. The van der Waals surface area contributed by atoms with Crippen LogP contribution in [0.4, 0.5) is 0 Å². The third-order valence-corrected chi connectivity index (χ3v) is 6.23. The number of benzene rings is 2. The summed E-state index contributed by atoms with van der Waals surface area (Å²) in [4.78, 5) is 39.0. The van der Waals surface area contributed by atoms with Crippen molar-refractivity contribution in [3.63, 3.8) is 0 Å². The van der Waals surface area contributed by atoms with Gasteiger partial charge in [-0.2, -0.15) is 0 Å². The number of carbonyl (C=O) groups is 3. The predicted octanol–water partition coefficient (Wildman–Crippen LogP) is 3.26. The molecular weight excluding hydrogens is 436 g/mol. The summed E-state index contributed by atoms with van der Waals surface area (Å²) in [5, 5.41) is 0. The third kappa shape index (κ3) is 4.03. The predicted molar refractivity (Wildman–Crippen MR) is 122 cm³/mol. The second-order valence-corrected chi connectivity index (χ2v) is 8.46. The Hall–Kier alpha value is -4.07. The van der Waals surface area contributed by atoms with Crippen LogP contribution < -0.4 is 9.47 Å². The van der Waals surface area contributed by atoms with Crippen LogP contribution in [0.5, 0.6) is 11.5 Å². The van der Waals surface area contributed by atoms with Crippen molar-refractivity contribution in [1.29, 1.82) is 0 Å². The molecule has 3 heterocycles. The number of Topliss-reactive ketones (excluding diaryl/α,β-unsaturated/α-hetero) is 1. The topological polar surface area (TPSA) is 87.1 Å². The smallest absolute Gasteiger partial charge is 0.326 e. The summed E-state index contributed by atoms with van der Waals surface area (Å²) in [5.74, 6) is 0.341. The average molecular weight is 460 g/mol. The zero-order valence-electron chi connectivity index (χ0n) is 19.0. The molecule has 0 unspecified atom stereocenters. The molecule has 0 saturated carbocycles. The molecule has 0 N–H and O–H groups in total. The van der Waals surface area contributed by atoms with Gasteiger partial charge in [0.1, 0.15) is 6.54 Å². The van der Waals surface area contributed by atoms with Crippen LogP contribution in [0.1, 0.15) is 43.2 Å². The van der Waals surface area contributed by atoms with E-state index in [4.69, 9.17) is 14.2 Å². The second kappa shape index (κ2) is 8.70. The van der Waals surface area contributed by atoms with Crippen LogP contribution in [0.15, 0.2) is 48.5 Å². The van der Waals surface area contributed by atoms with E-state index in [-0.39, 0.29) is 31.6 Å². The highest BCUT2D eigenvalue weighted by molar-refractivity contribution is 6.01. The van der Waals surface area contributed by atoms with Gasteiger partial charge in [0.15, 0.2) is 18.1 Å². The standard InChI is InChI=1S/C26H24N2O6/c1-16-9-21(17(2)28(16)11-18-7-8-23-24(10-18)34-15-33-23)22(29)14-32-25(30)13-27-12-19-5-3-4-6-20(19)26(27)31/h3-10H,11-15H2,1-2H3. The average Bonchev–Trinajstić information content (AvgIpc) is 3.50. The molecule has 3 aromatic rings. The van der Waals surface area contributed by atoms with Crippen LogP contribution in [0.25, 0.3) is 0 Å². The largest absolute Gasteiger partial charge is 0.456 e. The molecule has 8 heteroatoms. The molecule has 2 aliphatic heterocycles. The van der Waals surface area contributed by atoms with Crippen LogP contribution in [-0.2, 0) is 22.6 Å². The first-order valence-corrected chi connectivity index (χ1v) is 11.0. The molecule has 2 aromatic carbocycles. The first-order valence-electron chi connectivity index (χ1n) is 11.0. The van der Waals surface area contributed by atoms with Crippen molar-refractivity contribution >= 4 is 17.7 Å². The van der Waals surface area contributed by atoms with E-state index in [0.29, 0.717) is 30.0 Å². The lowest BCUT2D eigenvalue weighted by Crippen LogP contribution is -2.32. The summed E-state index contributed by atoms with van der Waals surface area (Å²) >= 11 is 0. The first kappa shape index (κ1) is 21.8. The fourth-order valence-electron chi connectivity index (χ4n) is 4.42. The highest BCUT2D eigenvalue weighted by atomic mass is 16.7. The van der Waals surface area contributed by atoms with Crippen molar-refractivity contribution in [3.05, 3.63) is 82.2 Å². The summed E-state index contributed by atoms with van der Waals surface area (Å²) in [5.41, 5.74) is 4.72. The Morgan fingerprint density at radius 3 is 2.65 bits per heavy atom. The number of hydrogen-bond acceptors (Lipinski definition) is 6. The Labute approximate surface area is 196 Å². The lowest BCUT2D eigenvalue weighted by molar-refractivity contribution is -0.143. The van der Waals surface area contributed by atoms with Gasteiger partial charge in [-0.15, -0.1) is 0 Å². The number of ether oxygens (including phenoxy) is 3. The number of rotatable bonds is 7. The van der Waals surface area contributed by atoms with Gasteiger partial charge in [0.25, 0.3) is 5.91 Å². The summed E-state index contributed by atoms with van der Waals surface area (Å²) < 4.78 is 18.1. The van der Waals surface area contributed by atoms with Crippen LogP contribution in [0.3, 0.4) is 0 Å². The second-order valence-electron chi connectivity index (χ2n) is 8.46. The Balaban J connectivity index is 1.20. The minimum atomic E-state index is -0.608. The Morgan fingerprint density at radius 1 is 1.03 bits per heavy atom. The molecule has 0 radical (unpaired) electrons. The molecule has 1 amide bonds. The normalized spacial score (nSPS) is 13.8. The van der Waals surface area contributed by atoms with E-state index in [1.54, 1.807) is 18.2 Å². The first-order chi connectivity index (χ1) is 16.4. The van der Waals surface area contributed by atoms with E-state index in [0.717, 1.165) is 28.3 Å². The van der Waals surface area contributed by atoms with E-state index in [1.807, 2.05) is 48.7 Å². The van der Waals surface area contributed by atoms with E-state index >= 15 is 0 Å². The molecule has 2 aliphatic rings. The zero-order valence-corrected chi connectivity index (χ0v) is 19.0. The number of aromatic nitrogens is 1. The highest BCUT2D eigenvalue weighted by Crippen LogP contribution is 2.33. The molecule has 34 heavy (non-hydrogen) atoms. The molecule has 0 fully saturated rings. The van der Waals surface area contributed by atoms with E-state index in [9.17, 15) is 14.4 Å². The summed E-state index contributed by atoms with van der Waals surface area (Å²) in [7, 11) is 0. The lowest BCUT2D eigenvalue weighted by atomic mass is 10.1. The van der Waals surface area contributed by atoms with Crippen molar-refractivity contribution in [3.8, 4) is 11.5 Å². The number of hydrogen-bond donors (Lipinski definition) is 0. The van der Waals surface area contributed by atoms with Crippen LogP contribution >= 0.6 is 0 Å². The number of fused-ring (bicyclic) bond motifs is 2. The SMILES string of the molecule is Cc1cc(C(=O)COC(=O)CN2Cc3ccccc3C2=O)c(C)n1Cc1ccc2c(c1)OCO2. The maximum Gasteiger partial charge on any atom is 0.326 e. The Morgan fingerprint density at radius 2 is 1.82 bits per heavy atom. The van der Waals surface area contributed by atoms with Gasteiger partial charge in [-0.3, -0.25) is 14.4 Å².